The topological polar surface area (TPSA) is 112 Å². The first-order valence-electron chi connectivity index (χ1n) is 10.5. The SMILES string of the molecule is CCC1(C(=O)O)CC1c1cc(-n2nc(C)nc2Cc2ccc(OC)c(OC)c2)nc(C)n1. The fourth-order valence-corrected chi connectivity index (χ4v) is 4.26. The summed E-state index contributed by atoms with van der Waals surface area (Å²) in [4.78, 5) is 25.5. The van der Waals surface area contributed by atoms with Gasteiger partial charge >= 0.3 is 5.97 Å². The van der Waals surface area contributed by atoms with Crippen LogP contribution in [0.1, 0.15) is 54.4 Å². The zero-order chi connectivity index (χ0) is 23.0. The third kappa shape index (κ3) is 3.79. The van der Waals surface area contributed by atoms with Crippen LogP contribution >= 0.6 is 0 Å². The molecule has 0 amide bonds. The molecule has 0 bridgehead atoms. The highest BCUT2D eigenvalue weighted by atomic mass is 16.5. The molecule has 0 aliphatic heterocycles. The van der Waals surface area contributed by atoms with Gasteiger partial charge in [-0.3, -0.25) is 4.79 Å². The van der Waals surface area contributed by atoms with Crippen LogP contribution in [0.3, 0.4) is 0 Å². The van der Waals surface area contributed by atoms with Gasteiger partial charge in [0.1, 0.15) is 17.5 Å². The van der Waals surface area contributed by atoms with Crippen LogP contribution in [0.5, 0.6) is 11.5 Å². The predicted octanol–water partition coefficient (Wildman–Crippen LogP) is 3.25. The molecule has 4 rings (SSSR count). The summed E-state index contributed by atoms with van der Waals surface area (Å²) in [6, 6.07) is 7.57. The van der Waals surface area contributed by atoms with E-state index in [-0.39, 0.29) is 5.92 Å². The summed E-state index contributed by atoms with van der Waals surface area (Å²) >= 11 is 0. The van der Waals surface area contributed by atoms with Crippen LogP contribution in [0.15, 0.2) is 24.3 Å². The van der Waals surface area contributed by atoms with Crippen molar-refractivity contribution in [3.63, 3.8) is 0 Å². The Hall–Kier alpha value is -3.49. The molecule has 9 nitrogen and oxygen atoms in total. The quantitative estimate of drug-likeness (QED) is 0.571. The molecule has 0 saturated heterocycles. The molecule has 2 heterocycles. The summed E-state index contributed by atoms with van der Waals surface area (Å²) in [5, 5.41) is 14.2. The summed E-state index contributed by atoms with van der Waals surface area (Å²) in [5.74, 6) is 2.92. The van der Waals surface area contributed by atoms with Crippen molar-refractivity contribution in [2.75, 3.05) is 14.2 Å². The van der Waals surface area contributed by atoms with Gasteiger partial charge in [-0.05, 0) is 44.4 Å². The first kappa shape index (κ1) is 21.7. The summed E-state index contributed by atoms with van der Waals surface area (Å²) in [6.45, 7) is 5.55. The van der Waals surface area contributed by atoms with Crippen LogP contribution in [0, 0.1) is 19.3 Å². The van der Waals surface area contributed by atoms with E-state index in [4.69, 9.17) is 9.47 Å². The second-order valence-electron chi connectivity index (χ2n) is 8.12. The van der Waals surface area contributed by atoms with Crippen LogP contribution < -0.4 is 9.47 Å². The van der Waals surface area contributed by atoms with Gasteiger partial charge in [0.25, 0.3) is 0 Å². The molecule has 2 aromatic heterocycles. The summed E-state index contributed by atoms with van der Waals surface area (Å²) in [6.07, 6.45) is 1.67. The Morgan fingerprint density at radius 1 is 1.12 bits per heavy atom. The van der Waals surface area contributed by atoms with Crippen LogP contribution in [0.2, 0.25) is 0 Å². The highest BCUT2D eigenvalue weighted by Crippen LogP contribution is 2.61. The monoisotopic (exact) mass is 437 g/mol. The van der Waals surface area contributed by atoms with Gasteiger partial charge in [0.2, 0.25) is 0 Å². The molecule has 1 saturated carbocycles. The molecule has 9 heteroatoms. The zero-order valence-electron chi connectivity index (χ0n) is 18.9. The van der Waals surface area contributed by atoms with Crippen molar-refractivity contribution in [3.05, 3.63) is 53.0 Å². The molecule has 3 aromatic rings. The molecule has 2 atom stereocenters. The lowest BCUT2D eigenvalue weighted by atomic mass is 9.99. The fourth-order valence-electron chi connectivity index (χ4n) is 4.26. The third-order valence-corrected chi connectivity index (χ3v) is 6.14. The third-order valence-electron chi connectivity index (χ3n) is 6.14. The summed E-state index contributed by atoms with van der Waals surface area (Å²) in [7, 11) is 3.20. The van der Waals surface area contributed by atoms with Crippen molar-refractivity contribution in [3.8, 4) is 17.3 Å². The number of aliphatic carboxylic acids is 1. The number of nitrogens with zero attached hydrogens (tertiary/aromatic N) is 5. The standard InChI is InChI=1S/C23H27N5O4/c1-6-23(22(29)30)12-16(23)17-11-21(25-13(2)24-17)28-20(26-14(3)27-28)10-15-7-8-18(31-4)19(9-15)32-5/h7-9,11,16H,6,10,12H2,1-5H3,(H,29,30). The fraction of sp³-hybridized carbons (Fsp3) is 0.435. The minimum atomic E-state index is -0.770. The Labute approximate surface area is 186 Å². The Morgan fingerprint density at radius 2 is 1.88 bits per heavy atom. The van der Waals surface area contributed by atoms with Gasteiger partial charge in [0, 0.05) is 18.4 Å². The average Bonchev–Trinajstić information content (AvgIpc) is 3.43. The molecule has 1 fully saturated rings. The van der Waals surface area contributed by atoms with E-state index >= 15 is 0 Å². The molecule has 0 spiro atoms. The largest absolute Gasteiger partial charge is 0.493 e. The number of carboxylic acid groups (broad SMARTS) is 1. The molecule has 1 N–H and O–H groups in total. The Morgan fingerprint density at radius 3 is 2.50 bits per heavy atom. The van der Waals surface area contributed by atoms with E-state index in [9.17, 15) is 9.90 Å². The smallest absolute Gasteiger partial charge is 0.310 e. The normalized spacial score (nSPS) is 19.6. The van der Waals surface area contributed by atoms with Crippen molar-refractivity contribution < 1.29 is 19.4 Å². The highest BCUT2D eigenvalue weighted by molar-refractivity contribution is 5.80. The van der Waals surface area contributed by atoms with E-state index in [2.05, 4.69) is 20.1 Å². The highest BCUT2D eigenvalue weighted by Gasteiger charge is 2.60. The maximum absolute atomic E-state index is 11.8. The second-order valence-corrected chi connectivity index (χ2v) is 8.12. The van der Waals surface area contributed by atoms with Gasteiger partial charge in [-0.1, -0.05) is 13.0 Å². The number of hydrogen-bond acceptors (Lipinski definition) is 7. The van der Waals surface area contributed by atoms with Gasteiger partial charge in [-0.2, -0.15) is 4.68 Å². The number of methoxy groups -OCH3 is 2. The molecule has 2 unspecified atom stereocenters. The van der Waals surface area contributed by atoms with Crippen molar-refractivity contribution in [1.82, 2.24) is 24.7 Å². The molecule has 168 valence electrons. The van der Waals surface area contributed by atoms with Crippen molar-refractivity contribution in [2.24, 2.45) is 5.41 Å². The second kappa shape index (κ2) is 8.22. The summed E-state index contributed by atoms with van der Waals surface area (Å²) in [5.41, 5.74) is 0.987. The van der Waals surface area contributed by atoms with E-state index in [0.29, 0.717) is 48.2 Å². The minimum absolute atomic E-state index is 0.121. The molecule has 1 aliphatic rings. The first-order chi connectivity index (χ1) is 15.3. The Kier molecular flexibility index (Phi) is 5.58. The molecule has 0 radical (unpaired) electrons. The Bertz CT molecular complexity index is 1180. The molecular weight excluding hydrogens is 410 g/mol. The van der Waals surface area contributed by atoms with Gasteiger partial charge in [-0.15, -0.1) is 5.10 Å². The van der Waals surface area contributed by atoms with Crippen LogP contribution in [0.4, 0.5) is 0 Å². The average molecular weight is 438 g/mol. The Balaban J connectivity index is 1.69. The lowest BCUT2D eigenvalue weighted by Gasteiger charge is -2.12. The van der Waals surface area contributed by atoms with E-state index in [0.717, 1.165) is 17.1 Å². The van der Waals surface area contributed by atoms with Crippen LogP contribution in [-0.2, 0) is 11.2 Å². The maximum atomic E-state index is 11.8. The lowest BCUT2D eigenvalue weighted by Crippen LogP contribution is -2.17. The summed E-state index contributed by atoms with van der Waals surface area (Å²) < 4.78 is 12.4. The number of rotatable bonds is 8. The van der Waals surface area contributed by atoms with E-state index < -0.39 is 11.4 Å². The van der Waals surface area contributed by atoms with Crippen LogP contribution in [-0.4, -0.2) is 50.0 Å². The minimum Gasteiger partial charge on any atom is -0.493 e. The number of aryl methyl sites for hydroxylation is 2. The predicted molar refractivity (Wildman–Crippen MR) is 116 cm³/mol. The lowest BCUT2D eigenvalue weighted by molar-refractivity contribution is -0.143. The van der Waals surface area contributed by atoms with Crippen molar-refractivity contribution in [1.29, 1.82) is 0 Å². The number of ether oxygens (including phenoxy) is 2. The van der Waals surface area contributed by atoms with Crippen LogP contribution in [0.25, 0.3) is 5.82 Å². The maximum Gasteiger partial charge on any atom is 0.310 e. The first-order valence-corrected chi connectivity index (χ1v) is 10.5. The van der Waals surface area contributed by atoms with E-state index in [1.165, 1.54) is 0 Å². The number of carbonyl (C=O) groups is 1. The molecule has 1 aliphatic carbocycles. The number of aromatic nitrogens is 5. The van der Waals surface area contributed by atoms with E-state index in [1.807, 2.05) is 45.0 Å². The number of benzene rings is 1. The van der Waals surface area contributed by atoms with Gasteiger partial charge in [0.05, 0.1) is 25.3 Å². The van der Waals surface area contributed by atoms with E-state index in [1.54, 1.807) is 18.9 Å². The van der Waals surface area contributed by atoms with Crippen molar-refractivity contribution >= 4 is 5.97 Å². The van der Waals surface area contributed by atoms with Gasteiger partial charge in [0.15, 0.2) is 17.3 Å². The molecule has 32 heavy (non-hydrogen) atoms. The molecular formula is C23H27N5O4. The van der Waals surface area contributed by atoms with Crippen molar-refractivity contribution in [2.45, 2.75) is 46.0 Å². The molecule has 1 aromatic carbocycles. The van der Waals surface area contributed by atoms with Gasteiger partial charge in [-0.25, -0.2) is 15.0 Å². The number of hydrogen-bond donors (Lipinski definition) is 1. The number of carboxylic acids is 1. The van der Waals surface area contributed by atoms with Gasteiger partial charge < -0.3 is 14.6 Å². The zero-order valence-corrected chi connectivity index (χ0v) is 18.9.